The van der Waals surface area contributed by atoms with Crippen LogP contribution in [0.2, 0.25) is 0 Å². The molecule has 0 bridgehead atoms. The van der Waals surface area contributed by atoms with E-state index in [-0.39, 0.29) is 0 Å². The summed E-state index contributed by atoms with van der Waals surface area (Å²) in [7, 11) is 0. The minimum Gasteiger partial charge on any atom is -0.326 e. The van der Waals surface area contributed by atoms with Crippen LogP contribution in [0.25, 0.3) is 0 Å². The molecule has 0 saturated heterocycles. The molecule has 0 aliphatic rings. The number of aromatic nitrogens is 1. The lowest BCUT2D eigenvalue weighted by molar-refractivity contribution is 0.685. The van der Waals surface area contributed by atoms with Gasteiger partial charge in [0.2, 0.25) is 0 Å². The molecule has 0 aliphatic heterocycles. The lowest BCUT2D eigenvalue weighted by Crippen LogP contribution is -2.16. The van der Waals surface area contributed by atoms with Gasteiger partial charge in [0.15, 0.2) is 0 Å². The van der Waals surface area contributed by atoms with Crippen molar-refractivity contribution in [3.05, 3.63) is 52.0 Å². The lowest BCUT2D eigenvalue weighted by atomic mass is 10.1. The van der Waals surface area contributed by atoms with E-state index in [1.807, 2.05) is 11.6 Å². The standard InChI is InChI=1S/C13H17N3S/c14-9-11-1-3-12(4-2-11)10-15-6-5-13-16-7-8-17-13/h1-4,7-8,15H,5-6,9-10,14H2. The molecule has 0 spiro atoms. The first-order valence-electron chi connectivity index (χ1n) is 5.75. The van der Waals surface area contributed by atoms with Crippen LogP contribution < -0.4 is 11.1 Å². The highest BCUT2D eigenvalue weighted by Gasteiger charge is 1.96. The number of benzene rings is 1. The third kappa shape index (κ3) is 3.93. The molecule has 0 saturated carbocycles. The zero-order valence-electron chi connectivity index (χ0n) is 9.73. The largest absolute Gasteiger partial charge is 0.326 e. The Labute approximate surface area is 106 Å². The lowest BCUT2D eigenvalue weighted by Gasteiger charge is -2.04. The molecule has 3 nitrogen and oxygen atoms in total. The Balaban J connectivity index is 1.70. The fraction of sp³-hybridized carbons (Fsp3) is 0.308. The zero-order chi connectivity index (χ0) is 11.9. The molecule has 0 fully saturated rings. The maximum atomic E-state index is 5.55. The predicted molar refractivity (Wildman–Crippen MR) is 71.9 cm³/mol. The van der Waals surface area contributed by atoms with E-state index in [0.29, 0.717) is 6.54 Å². The van der Waals surface area contributed by atoms with E-state index >= 15 is 0 Å². The molecule has 0 atom stereocenters. The van der Waals surface area contributed by atoms with Crippen LogP contribution in [0.4, 0.5) is 0 Å². The number of rotatable bonds is 6. The zero-order valence-corrected chi connectivity index (χ0v) is 10.5. The van der Waals surface area contributed by atoms with E-state index in [4.69, 9.17) is 5.73 Å². The highest BCUT2D eigenvalue weighted by molar-refractivity contribution is 7.09. The summed E-state index contributed by atoms with van der Waals surface area (Å²) in [5, 5.41) is 6.62. The summed E-state index contributed by atoms with van der Waals surface area (Å²) in [5.41, 5.74) is 8.02. The van der Waals surface area contributed by atoms with Gasteiger partial charge < -0.3 is 11.1 Å². The monoisotopic (exact) mass is 247 g/mol. The van der Waals surface area contributed by atoms with Gasteiger partial charge in [0.1, 0.15) is 0 Å². The van der Waals surface area contributed by atoms with Crippen molar-refractivity contribution in [1.82, 2.24) is 10.3 Å². The first kappa shape index (κ1) is 12.2. The normalized spacial score (nSPS) is 10.6. The van der Waals surface area contributed by atoms with Crippen molar-refractivity contribution in [3.63, 3.8) is 0 Å². The molecule has 2 rings (SSSR count). The van der Waals surface area contributed by atoms with Crippen LogP contribution in [0.15, 0.2) is 35.8 Å². The van der Waals surface area contributed by atoms with Gasteiger partial charge in [-0.25, -0.2) is 4.98 Å². The van der Waals surface area contributed by atoms with Crippen LogP contribution >= 0.6 is 11.3 Å². The second-order valence-corrected chi connectivity index (χ2v) is 4.85. The van der Waals surface area contributed by atoms with Gasteiger partial charge in [0, 0.05) is 37.6 Å². The molecule has 0 aliphatic carbocycles. The van der Waals surface area contributed by atoms with Crippen LogP contribution in [0.3, 0.4) is 0 Å². The number of hydrogen-bond donors (Lipinski definition) is 2. The summed E-state index contributed by atoms with van der Waals surface area (Å²) in [5.74, 6) is 0. The number of nitrogens with one attached hydrogen (secondary N) is 1. The molecule has 1 aromatic carbocycles. The first-order chi connectivity index (χ1) is 8.38. The van der Waals surface area contributed by atoms with Crippen molar-refractivity contribution in [3.8, 4) is 0 Å². The molecular formula is C13H17N3S. The summed E-state index contributed by atoms with van der Waals surface area (Å²) >= 11 is 1.71. The third-order valence-corrected chi connectivity index (χ3v) is 3.43. The molecule has 90 valence electrons. The molecule has 17 heavy (non-hydrogen) atoms. The van der Waals surface area contributed by atoms with E-state index in [0.717, 1.165) is 19.5 Å². The van der Waals surface area contributed by atoms with Crippen LogP contribution in [0, 0.1) is 0 Å². The smallest absolute Gasteiger partial charge is 0.0937 e. The van der Waals surface area contributed by atoms with E-state index in [1.54, 1.807) is 11.3 Å². The molecule has 1 aromatic heterocycles. The molecule has 3 N–H and O–H groups in total. The van der Waals surface area contributed by atoms with Crippen molar-refractivity contribution in [1.29, 1.82) is 0 Å². The number of nitrogens with zero attached hydrogens (tertiary/aromatic N) is 1. The summed E-state index contributed by atoms with van der Waals surface area (Å²) in [6.45, 7) is 2.47. The third-order valence-electron chi connectivity index (χ3n) is 2.59. The maximum absolute atomic E-state index is 5.55. The topological polar surface area (TPSA) is 50.9 Å². The highest BCUT2D eigenvalue weighted by atomic mass is 32.1. The van der Waals surface area contributed by atoms with Gasteiger partial charge >= 0.3 is 0 Å². The Morgan fingerprint density at radius 2 is 1.94 bits per heavy atom. The summed E-state index contributed by atoms with van der Waals surface area (Å²) < 4.78 is 0. The van der Waals surface area contributed by atoms with Gasteiger partial charge in [-0.2, -0.15) is 0 Å². The molecule has 4 heteroatoms. The van der Waals surface area contributed by atoms with Gasteiger partial charge in [-0.3, -0.25) is 0 Å². The fourth-order valence-electron chi connectivity index (χ4n) is 1.60. The van der Waals surface area contributed by atoms with Crippen molar-refractivity contribution in [2.75, 3.05) is 6.54 Å². The molecule has 0 unspecified atom stereocenters. The van der Waals surface area contributed by atoms with E-state index in [2.05, 4.69) is 34.6 Å². The molecular weight excluding hydrogens is 230 g/mol. The van der Waals surface area contributed by atoms with Gasteiger partial charge in [-0.1, -0.05) is 24.3 Å². The number of hydrogen-bond acceptors (Lipinski definition) is 4. The molecule has 1 heterocycles. The second-order valence-electron chi connectivity index (χ2n) is 3.87. The summed E-state index contributed by atoms with van der Waals surface area (Å²) in [6.07, 6.45) is 2.85. The highest BCUT2D eigenvalue weighted by Crippen LogP contribution is 2.05. The van der Waals surface area contributed by atoms with Crippen molar-refractivity contribution < 1.29 is 0 Å². The Hall–Kier alpha value is -1.23. The van der Waals surface area contributed by atoms with Gasteiger partial charge in [-0.05, 0) is 11.1 Å². The van der Waals surface area contributed by atoms with E-state index in [9.17, 15) is 0 Å². The van der Waals surface area contributed by atoms with Gasteiger partial charge in [0.05, 0.1) is 5.01 Å². The predicted octanol–water partition coefficient (Wildman–Crippen LogP) is 1.93. The number of thiazole rings is 1. The Bertz CT molecular complexity index is 422. The van der Waals surface area contributed by atoms with Crippen molar-refractivity contribution in [2.45, 2.75) is 19.5 Å². The first-order valence-corrected chi connectivity index (χ1v) is 6.63. The van der Waals surface area contributed by atoms with Crippen LogP contribution in [-0.4, -0.2) is 11.5 Å². The Kier molecular flexibility index (Phi) is 4.67. The van der Waals surface area contributed by atoms with Crippen LogP contribution in [-0.2, 0) is 19.5 Å². The van der Waals surface area contributed by atoms with Gasteiger partial charge in [-0.15, -0.1) is 11.3 Å². The van der Waals surface area contributed by atoms with E-state index in [1.165, 1.54) is 16.1 Å². The van der Waals surface area contributed by atoms with Crippen molar-refractivity contribution >= 4 is 11.3 Å². The minimum atomic E-state index is 0.609. The Morgan fingerprint density at radius 1 is 1.18 bits per heavy atom. The fourth-order valence-corrected chi connectivity index (χ4v) is 2.22. The van der Waals surface area contributed by atoms with Gasteiger partial charge in [0.25, 0.3) is 0 Å². The molecule has 0 radical (unpaired) electrons. The second kappa shape index (κ2) is 6.49. The summed E-state index contributed by atoms with van der Waals surface area (Å²) in [6, 6.07) is 8.41. The van der Waals surface area contributed by atoms with Crippen LogP contribution in [0.5, 0.6) is 0 Å². The SMILES string of the molecule is NCc1ccc(CNCCc2nccs2)cc1. The molecule has 0 amide bonds. The van der Waals surface area contributed by atoms with E-state index < -0.39 is 0 Å². The quantitative estimate of drug-likeness (QED) is 0.767. The number of nitrogens with two attached hydrogens (primary N) is 1. The average molecular weight is 247 g/mol. The van der Waals surface area contributed by atoms with Crippen LogP contribution in [0.1, 0.15) is 16.1 Å². The maximum Gasteiger partial charge on any atom is 0.0937 e. The summed E-state index contributed by atoms with van der Waals surface area (Å²) in [4.78, 5) is 4.25. The Morgan fingerprint density at radius 3 is 2.59 bits per heavy atom. The minimum absolute atomic E-state index is 0.609. The van der Waals surface area contributed by atoms with Crippen molar-refractivity contribution in [2.24, 2.45) is 5.73 Å². The average Bonchev–Trinajstić information content (AvgIpc) is 2.88. The molecule has 2 aromatic rings.